The highest BCUT2D eigenvalue weighted by atomic mass is 15.4. The zero-order chi connectivity index (χ0) is 19.6. The fourth-order valence-corrected chi connectivity index (χ4v) is 4.84. The Kier molecular flexibility index (Phi) is 8.45. The van der Waals surface area contributed by atoms with Gasteiger partial charge < -0.3 is 20.0 Å². The van der Waals surface area contributed by atoms with E-state index in [1.807, 2.05) is 0 Å². The molecule has 0 spiro atoms. The van der Waals surface area contributed by atoms with Crippen LogP contribution in [0, 0.1) is 17.9 Å². The number of allylic oxidation sites excluding steroid dienone is 1. The van der Waals surface area contributed by atoms with Crippen molar-refractivity contribution >= 4 is 0 Å². The summed E-state index contributed by atoms with van der Waals surface area (Å²) in [6, 6.07) is 2.84. The molecule has 1 saturated carbocycles. The summed E-state index contributed by atoms with van der Waals surface area (Å²) >= 11 is 0. The molecule has 28 heavy (non-hydrogen) atoms. The van der Waals surface area contributed by atoms with Gasteiger partial charge in [-0.15, -0.1) is 0 Å². The highest BCUT2D eigenvalue weighted by Gasteiger charge is 2.28. The molecule has 2 heterocycles. The fourth-order valence-electron chi connectivity index (χ4n) is 4.84. The third-order valence-electron chi connectivity index (χ3n) is 6.45. The van der Waals surface area contributed by atoms with Crippen molar-refractivity contribution in [2.45, 2.75) is 63.8 Å². The molecule has 0 aromatic carbocycles. The molecule has 154 valence electrons. The van der Waals surface area contributed by atoms with Crippen LogP contribution in [0.1, 0.15) is 57.8 Å². The topological polar surface area (TPSA) is 49.9 Å². The lowest BCUT2D eigenvalue weighted by atomic mass is 9.95. The van der Waals surface area contributed by atoms with E-state index in [9.17, 15) is 5.26 Å². The summed E-state index contributed by atoms with van der Waals surface area (Å²) in [5.41, 5.74) is 0.261. The van der Waals surface area contributed by atoms with E-state index >= 15 is 0 Å². The molecule has 0 atom stereocenters. The standard InChI is InChI=1S/C22H36N6/c1-24-21(19-23)22-27(14-8-11-25-20-9-4-2-5-10-20)17-18-28(22)16-15-26-12-6-3-7-13-26/h20,25H,2-18H2/b22-21-. The van der Waals surface area contributed by atoms with E-state index in [4.69, 9.17) is 6.57 Å². The van der Waals surface area contributed by atoms with Crippen LogP contribution >= 0.6 is 0 Å². The number of rotatable bonds is 8. The molecule has 3 aliphatic rings. The SMILES string of the molecule is [C-]#[N+]/C(C#N)=C1/N(CCCNC2CCCCC2)CCN1CCN1CCCCC1. The predicted molar refractivity (Wildman–Crippen MR) is 112 cm³/mol. The van der Waals surface area contributed by atoms with Crippen molar-refractivity contribution < 1.29 is 0 Å². The highest BCUT2D eigenvalue weighted by Crippen LogP contribution is 2.23. The molecule has 3 fully saturated rings. The van der Waals surface area contributed by atoms with Crippen LogP contribution in [0.5, 0.6) is 0 Å². The fraction of sp³-hybridized carbons (Fsp3) is 0.818. The van der Waals surface area contributed by atoms with Gasteiger partial charge in [0.1, 0.15) is 5.82 Å². The van der Waals surface area contributed by atoms with E-state index < -0.39 is 0 Å². The van der Waals surface area contributed by atoms with Gasteiger partial charge in [0.15, 0.2) is 0 Å². The van der Waals surface area contributed by atoms with Crippen molar-refractivity contribution in [3.63, 3.8) is 0 Å². The summed E-state index contributed by atoms with van der Waals surface area (Å²) in [5, 5.41) is 13.2. The van der Waals surface area contributed by atoms with Gasteiger partial charge in [-0.25, -0.2) is 10.1 Å². The molecule has 1 aliphatic carbocycles. The quantitative estimate of drug-likeness (QED) is 0.396. The van der Waals surface area contributed by atoms with Crippen LogP contribution in [-0.2, 0) is 0 Å². The van der Waals surface area contributed by atoms with Crippen molar-refractivity contribution in [3.8, 4) is 6.07 Å². The van der Waals surface area contributed by atoms with Gasteiger partial charge in [-0.3, -0.25) is 0 Å². The zero-order valence-corrected chi connectivity index (χ0v) is 17.3. The van der Waals surface area contributed by atoms with Gasteiger partial charge in [-0.05, 0) is 51.7 Å². The molecule has 2 saturated heterocycles. The van der Waals surface area contributed by atoms with Crippen molar-refractivity contribution in [1.29, 1.82) is 5.26 Å². The van der Waals surface area contributed by atoms with E-state index in [2.05, 4.69) is 30.9 Å². The Labute approximate surface area is 171 Å². The van der Waals surface area contributed by atoms with E-state index in [0.29, 0.717) is 6.04 Å². The highest BCUT2D eigenvalue weighted by molar-refractivity contribution is 5.33. The average molecular weight is 385 g/mol. The summed E-state index contributed by atoms with van der Waals surface area (Å²) in [6.45, 7) is 15.6. The van der Waals surface area contributed by atoms with Crippen LogP contribution in [0.15, 0.2) is 11.5 Å². The van der Waals surface area contributed by atoms with Gasteiger partial charge in [0.2, 0.25) is 0 Å². The van der Waals surface area contributed by atoms with E-state index in [1.54, 1.807) is 0 Å². The summed E-state index contributed by atoms with van der Waals surface area (Å²) < 4.78 is 0. The maximum Gasteiger partial charge on any atom is 0.300 e. The first-order chi connectivity index (χ1) is 13.8. The number of nitriles is 1. The normalized spacial score (nSPS) is 23.5. The van der Waals surface area contributed by atoms with E-state index in [0.717, 1.165) is 51.5 Å². The molecule has 0 radical (unpaired) electrons. The Hall–Kier alpha value is -1.76. The van der Waals surface area contributed by atoms with Gasteiger partial charge in [-0.2, -0.15) is 0 Å². The van der Waals surface area contributed by atoms with E-state index in [1.165, 1.54) is 64.5 Å². The van der Waals surface area contributed by atoms with Crippen LogP contribution in [0.25, 0.3) is 4.85 Å². The van der Waals surface area contributed by atoms with Gasteiger partial charge in [0.05, 0.1) is 12.6 Å². The molecule has 6 nitrogen and oxygen atoms in total. The number of hydrogen-bond acceptors (Lipinski definition) is 5. The molecule has 0 amide bonds. The second-order valence-corrected chi connectivity index (χ2v) is 8.41. The lowest BCUT2D eigenvalue weighted by molar-refractivity contribution is 0.202. The molecule has 0 aromatic rings. The largest absolute Gasteiger partial charge is 0.365 e. The molecule has 6 heteroatoms. The molecule has 0 aromatic heterocycles. The Morgan fingerprint density at radius 2 is 1.64 bits per heavy atom. The van der Waals surface area contributed by atoms with Crippen molar-refractivity contribution in [2.75, 3.05) is 52.4 Å². The maximum atomic E-state index is 9.48. The minimum atomic E-state index is 0.261. The lowest BCUT2D eigenvalue weighted by Gasteiger charge is -2.30. The van der Waals surface area contributed by atoms with Crippen LogP contribution in [-0.4, -0.2) is 73.1 Å². The Morgan fingerprint density at radius 1 is 0.964 bits per heavy atom. The molecule has 0 unspecified atom stereocenters. The van der Waals surface area contributed by atoms with Gasteiger partial charge in [-0.1, -0.05) is 25.7 Å². The van der Waals surface area contributed by atoms with Gasteiger partial charge in [0, 0.05) is 38.8 Å². The summed E-state index contributed by atoms with van der Waals surface area (Å²) in [5.74, 6) is 0.882. The van der Waals surface area contributed by atoms with Crippen LogP contribution in [0.2, 0.25) is 0 Å². The first kappa shape index (κ1) is 21.0. The van der Waals surface area contributed by atoms with Crippen LogP contribution in [0.4, 0.5) is 0 Å². The third-order valence-corrected chi connectivity index (χ3v) is 6.45. The van der Waals surface area contributed by atoms with Crippen LogP contribution in [0.3, 0.4) is 0 Å². The number of nitrogens with zero attached hydrogens (tertiary/aromatic N) is 5. The number of hydrogen-bond donors (Lipinski definition) is 1. The first-order valence-corrected chi connectivity index (χ1v) is 11.3. The maximum absolute atomic E-state index is 9.48. The molecular formula is C22H36N6. The summed E-state index contributed by atoms with van der Waals surface area (Å²) in [4.78, 5) is 10.6. The van der Waals surface area contributed by atoms with Crippen LogP contribution < -0.4 is 5.32 Å². The second-order valence-electron chi connectivity index (χ2n) is 8.41. The summed E-state index contributed by atoms with van der Waals surface area (Å²) in [6.07, 6.45) is 11.8. The smallest absolute Gasteiger partial charge is 0.300 e. The predicted octanol–water partition coefficient (Wildman–Crippen LogP) is 3.01. The Balaban J connectivity index is 1.49. The van der Waals surface area contributed by atoms with Crippen molar-refractivity contribution in [2.24, 2.45) is 0 Å². The second kappa shape index (κ2) is 11.3. The Morgan fingerprint density at radius 3 is 2.32 bits per heavy atom. The van der Waals surface area contributed by atoms with E-state index in [-0.39, 0.29) is 5.70 Å². The monoisotopic (exact) mass is 384 g/mol. The summed E-state index contributed by atoms with van der Waals surface area (Å²) in [7, 11) is 0. The molecule has 0 bridgehead atoms. The minimum Gasteiger partial charge on any atom is -0.365 e. The van der Waals surface area contributed by atoms with Gasteiger partial charge in [0.25, 0.3) is 0 Å². The molecular weight excluding hydrogens is 348 g/mol. The molecule has 2 aliphatic heterocycles. The number of likely N-dealkylation sites (tertiary alicyclic amines) is 1. The van der Waals surface area contributed by atoms with Crippen molar-refractivity contribution in [1.82, 2.24) is 20.0 Å². The number of nitrogens with one attached hydrogen (secondary N) is 1. The first-order valence-electron chi connectivity index (χ1n) is 11.3. The zero-order valence-electron chi connectivity index (χ0n) is 17.3. The third kappa shape index (κ3) is 5.87. The average Bonchev–Trinajstić information content (AvgIpc) is 3.15. The molecule has 1 N–H and O–H groups in total. The number of piperidine rings is 1. The van der Waals surface area contributed by atoms with Gasteiger partial charge >= 0.3 is 5.70 Å². The van der Waals surface area contributed by atoms with Crippen molar-refractivity contribution in [3.05, 3.63) is 22.9 Å². The molecule has 3 rings (SSSR count). The minimum absolute atomic E-state index is 0.261. The Bertz CT molecular complexity index is 573. The lowest BCUT2D eigenvalue weighted by Crippen LogP contribution is -2.37.